The zero-order valence-corrected chi connectivity index (χ0v) is 17.1. The molecule has 2 heterocycles. The van der Waals surface area contributed by atoms with Crippen molar-refractivity contribution in [3.63, 3.8) is 0 Å². The zero-order chi connectivity index (χ0) is 22.0. The van der Waals surface area contributed by atoms with Crippen LogP contribution in [0.15, 0.2) is 69.6 Å². The Morgan fingerprint density at radius 2 is 1.77 bits per heavy atom. The van der Waals surface area contributed by atoms with Gasteiger partial charge in [-0.3, -0.25) is 9.36 Å². The predicted molar refractivity (Wildman–Crippen MR) is 109 cm³/mol. The van der Waals surface area contributed by atoms with Crippen LogP contribution in [0.25, 0.3) is 22.9 Å². The highest BCUT2D eigenvalue weighted by molar-refractivity contribution is 7.52. The standard InChI is InChI=1S/C20H17N4O6P/c1-12-7-9-14(10-8-12)17(25)21-20(31(26,27)28)19-23-22-18(29-19)15-11-16(30-24-15)13-5-3-2-4-6-13/h2-11,20H,1H3,(H,21,25)(H2,26,27,28)/t20-/m0/s1. The van der Waals surface area contributed by atoms with Gasteiger partial charge in [0.1, 0.15) is 0 Å². The Morgan fingerprint density at radius 1 is 1.06 bits per heavy atom. The molecule has 31 heavy (non-hydrogen) atoms. The fourth-order valence-corrected chi connectivity index (χ4v) is 3.44. The molecule has 0 saturated carbocycles. The molecule has 0 aliphatic carbocycles. The quantitative estimate of drug-likeness (QED) is 0.383. The molecule has 1 atom stereocenters. The first kappa shape index (κ1) is 20.7. The fraction of sp³-hybridized carbons (Fsp3) is 0.100. The third-order valence-corrected chi connectivity index (χ3v) is 5.40. The largest absolute Gasteiger partial charge is 0.416 e. The van der Waals surface area contributed by atoms with Crippen LogP contribution in [0.5, 0.6) is 0 Å². The smallest absolute Gasteiger partial charge is 0.357 e. The van der Waals surface area contributed by atoms with Gasteiger partial charge in [-0.25, -0.2) is 0 Å². The van der Waals surface area contributed by atoms with Crippen molar-refractivity contribution in [1.29, 1.82) is 0 Å². The van der Waals surface area contributed by atoms with Gasteiger partial charge in [-0.2, -0.15) is 0 Å². The van der Waals surface area contributed by atoms with E-state index in [1.54, 1.807) is 30.3 Å². The minimum atomic E-state index is -4.87. The van der Waals surface area contributed by atoms with E-state index in [4.69, 9.17) is 8.94 Å². The first-order chi connectivity index (χ1) is 14.8. The van der Waals surface area contributed by atoms with Crippen LogP contribution in [-0.4, -0.2) is 31.0 Å². The number of aromatic nitrogens is 3. The molecular weight excluding hydrogens is 423 g/mol. The molecule has 0 spiro atoms. The summed E-state index contributed by atoms with van der Waals surface area (Å²) in [5.41, 5.74) is 2.13. The van der Waals surface area contributed by atoms with E-state index in [2.05, 4.69) is 20.7 Å². The monoisotopic (exact) mass is 440 g/mol. The molecule has 1 amide bonds. The van der Waals surface area contributed by atoms with Crippen LogP contribution < -0.4 is 5.32 Å². The first-order valence-corrected chi connectivity index (χ1v) is 10.8. The van der Waals surface area contributed by atoms with E-state index in [9.17, 15) is 19.1 Å². The van der Waals surface area contributed by atoms with Gasteiger partial charge in [0.15, 0.2) is 11.5 Å². The minimum absolute atomic E-state index is 0.107. The Labute approximate surface area is 176 Å². The Bertz CT molecular complexity index is 1250. The molecule has 0 aliphatic rings. The van der Waals surface area contributed by atoms with E-state index in [0.717, 1.165) is 11.1 Å². The molecule has 2 aromatic heterocycles. The number of carbonyl (C=O) groups is 1. The molecule has 11 heteroatoms. The molecule has 0 unspecified atom stereocenters. The number of nitrogens with one attached hydrogen (secondary N) is 1. The SMILES string of the molecule is Cc1ccc(C(=O)N[C@H](c2nnc(-c3cc(-c4ccccc4)on3)o2)P(=O)(O)O)cc1. The molecule has 0 saturated heterocycles. The average molecular weight is 440 g/mol. The average Bonchev–Trinajstić information content (AvgIpc) is 3.42. The number of hydrogen-bond donors (Lipinski definition) is 3. The van der Waals surface area contributed by atoms with Gasteiger partial charge in [0.2, 0.25) is 5.78 Å². The lowest BCUT2D eigenvalue weighted by atomic mass is 10.1. The molecule has 10 nitrogen and oxygen atoms in total. The van der Waals surface area contributed by atoms with Gasteiger partial charge < -0.3 is 24.0 Å². The van der Waals surface area contributed by atoms with Crippen LogP contribution in [0.3, 0.4) is 0 Å². The first-order valence-electron chi connectivity index (χ1n) is 9.10. The third-order valence-electron chi connectivity index (χ3n) is 4.38. The molecule has 2 aromatic carbocycles. The van der Waals surface area contributed by atoms with Crippen molar-refractivity contribution in [2.45, 2.75) is 12.7 Å². The van der Waals surface area contributed by atoms with Crippen LogP contribution in [0.1, 0.15) is 27.6 Å². The van der Waals surface area contributed by atoms with Crippen molar-refractivity contribution in [2.75, 3.05) is 0 Å². The summed E-state index contributed by atoms with van der Waals surface area (Å²) in [4.78, 5) is 31.9. The molecule has 0 bridgehead atoms. The molecule has 0 fully saturated rings. The van der Waals surface area contributed by atoms with Gasteiger partial charge in [-0.05, 0) is 19.1 Å². The van der Waals surface area contributed by atoms with Crippen molar-refractivity contribution in [1.82, 2.24) is 20.7 Å². The second kappa shape index (κ2) is 8.27. The summed E-state index contributed by atoms with van der Waals surface area (Å²) in [7, 11) is -4.87. The number of rotatable bonds is 6. The summed E-state index contributed by atoms with van der Waals surface area (Å²) in [6, 6.07) is 17.3. The van der Waals surface area contributed by atoms with Crippen LogP contribution >= 0.6 is 7.60 Å². The second-order valence-corrected chi connectivity index (χ2v) is 8.41. The number of nitrogens with zero attached hydrogens (tertiary/aromatic N) is 3. The normalized spacial score (nSPS) is 12.5. The molecule has 4 rings (SSSR count). The Kier molecular flexibility index (Phi) is 5.51. The summed E-state index contributed by atoms with van der Waals surface area (Å²) >= 11 is 0. The minimum Gasteiger partial charge on any atom is -0.416 e. The van der Waals surface area contributed by atoms with E-state index in [1.807, 2.05) is 37.3 Å². The predicted octanol–water partition coefficient (Wildman–Crippen LogP) is 3.31. The van der Waals surface area contributed by atoms with Crippen LogP contribution in [0, 0.1) is 6.92 Å². The van der Waals surface area contributed by atoms with Gasteiger partial charge in [0, 0.05) is 17.2 Å². The topological polar surface area (TPSA) is 152 Å². The molecule has 158 valence electrons. The van der Waals surface area contributed by atoms with Crippen molar-refractivity contribution in [3.05, 3.63) is 77.7 Å². The molecule has 0 radical (unpaired) electrons. The van der Waals surface area contributed by atoms with Gasteiger partial charge in [-0.15, -0.1) is 10.2 Å². The number of amides is 1. The van der Waals surface area contributed by atoms with Gasteiger partial charge in [0.25, 0.3) is 17.7 Å². The number of benzene rings is 2. The Balaban J connectivity index is 1.59. The van der Waals surface area contributed by atoms with Gasteiger partial charge in [0.05, 0.1) is 0 Å². The van der Waals surface area contributed by atoms with Crippen LogP contribution in [-0.2, 0) is 4.57 Å². The van der Waals surface area contributed by atoms with E-state index in [0.29, 0.717) is 5.76 Å². The van der Waals surface area contributed by atoms with Gasteiger partial charge >= 0.3 is 7.60 Å². The molecule has 4 aromatic rings. The van der Waals surface area contributed by atoms with E-state index < -0.39 is 25.2 Å². The van der Waals surface area contributed by atoms with Crippen molar-refractivity contribution in [2.24, 2.45) is 0 Å². The van der Waals surface area contributed by atoms with Crippen molar-refractivity contribution in [3.8, 4) is 22.9 Å². The number of hydrogen-bond acceptors (Lipinski definition) is 7. The fourth-order valence-electron chi connectivity index (χ4n) is 2.77. The highest BCUT2D eigenvalue weighted by Gasteiger charge is 2.37. The third kappa shape index (κ3) is 4.61. The summed E-state index contributed by atoms with van der Waals surface area (Å²) in [5, 5.41) is 13.6. The summed E-state index contributed by atoms with van der Waals surface area (Å²) in [6.45, 7) is 1.85. The summed E-state index contributed by atoms with van der Waals surface area (Å²) in [6.07, 6.45) is 0. The lowest BCUT2D eigenvalue weighted by molar-refractivity contribution is 0.0938. The maximum Gasteiger partial charge on any atom is 0.357 e. The number of carbonyl (C=O) groups excluding carboxylic acids is 1. The molecule has 3 N–H and O–H groups in total. The second-order valence-electron chi connectivity index (χ2n) is 6.72. The van der Waals surface area contributed by atoms with Crippen LogP contribution in [0.4, 0.5) is 0 Å². The lowest BCUT2D eigenvalue weighted by Crippen LogP contribution is -2.28. The highest BCUT2D eigenvalue weighted by atomic mass is 31.2. The Morgan fingerprint density at radius 3 is 2.45 bits per heavy atom. The summed E-state index contributed by atoms with van der Waals surface area (Å²) < 4.78 is 22.7. The van der Waals surface area contributed by atoms with Crippen molar-refractivity contribution >= 4 is 13.5 Å². The number of aryl methyl sites for hydroxylation is 1. The Hall–Kier alpha value is -3.59. The summed E-state index contributed by atoms with van der Waals surface area (Å²) in [5.74, 6) is -2.62. The molecule has 0 aliphatic heterocycles. The molecular formula is C20H17N4O6P. The lowest BCUT2D eigenvalue weighted by Gasteiger charge is -2.16. The van der Waals surface area contributed by atoms with E-state index in [-0.39, 0.29) is 17.1 Å². The maximum atomic E-state index is 12.5. The van der Waals surface area contributed by atoms with E-state index in [1.165, 1.54) is 0 Å². The highest BCUT2D eigenvalue weighted by Crippen LogP contribution is 2.49. The zero-order valence-electron chi connectivity index (χ0n) is 16.2. The van der Waals surface area contributed by atoms with E-state index >= 15 is 0 Å². The van der Waals surface area contributed by atoms with Crippen molar-refractivity contribution < 1.29 is 28.1 Å². The van der Waals surface area contributed by atoms with Crippen LogP contribution in [0.2, 0.25) is 0 Å². The maximum absolute atomic E-state index is 12.5. The van der Waals surface area contributed by atoms with Gasteiger partial charge in [-0.1, -0.05) is 53.2 Å².